The van der Waals surface area contributed by atoms with Crippen molar-refractivity contribution in [1.82, 2.24) is 0 Å². The zero-order chi connectivity index (χ0) is 15.1. The van der Waals surface area contributed by atoms with Crippen LogP contribution in [0.4, 0.5) is 11.4 Å². The topological polar surface area (TPSA) is 72.8 Å². The van der Waals surface area contributed by atoms with Crippen LogP contribution in [0.2, 0.25) is 5.02 Å². The Morgan fingerprint density at radius 2 is 2.05 bits per heavy atom. The van der Waals surface area contributed by atoms with E-state index in [1.54, 1.807) is 6.07 Å². The lowest BCUT2D eigenvalue weighted by atomic mass is 9.92. The van der Waals surface area contributed by atoms with E-state index >= 15 is 0 Å². The summed E-state index contributed by atoms with van der Waals surface area (Å²) in [6, 6.07) is 3.49. The van der Waals surface area contributed by atoms with Crippen molar-refractivity contribution in [3.63, 3.8) is 0 Å². The molecule has 0 radical (unpaired) electrons. The number of amides is 1. The van der Waals surface area contributed by atoms with Crippen molar-refractivity contribution in [2.45, 2.75) is 32.0 Å². The van der Waals surface area contributed by atoms with E-state index in [1.165, 1.54) is 0 Å². The first-order valence-corrected chi connectivity index (χ1v) is 7.60. The lowest BCUT2D eigenvalue weighted by Gasteiger charge is -2.35. The fourth-order valence-electron chi connectivity index (χ4n) is 3.12. The Bertz CT molecular complexity index is 568. The standard InChI is InChI=1S/C15H19ClN2O3/c1-8(19)9-2-4-18(5-3-9)13-7-12-10(6-11(13)16)14(20)15(21)17-12/h6-9,14,19-20H,2-5H2,1H3,(H,17,21). The van der Waals surface area contributed by atoms with Crippen LogP contribution >= 0.6 is 11.6 Å². The van der Waals surface area contributed by atoms with Gasteiger partial charge < -0.3 is 20.4 Å². The Labute approximate surface area is 128 Å². The Hall–Kier alpha value is -1.30. The Morgan fingerprint density at radius 3 is 2.67 bits per heavy atom. The van der Waals surface area contributed by atoms with Crippen molar-refractivity contribution in [2.24, 2.45) is 5.92 Å². The van der Waals surface area contributed by atoms with Gasteiger partial charge in [-0.15, -0.1) is 0 Å². The lowest BCUT2D eigenvalue weighted by molar-refractivity contribution is -0.123. The van der Waals surface area contributed by atoms with Crippen molar-refractivity contribution in [3.8, 4) is 0 Å². The van der Waals surface area contributed by atoms with Crippen LogP contribution in [0.25, 0.3) is 0 Å². The van der Waals surface area contributed by atoms with E-state index in [0.29, 0.717) is 22.2 Å². The number of aliphatic hydroxyl groups is 2. The van der Waals surface area contributed by atoms with Crippen LogP contribution in [0.3, 0.4) is 0 Å². The number of carbonyl (C=O) groups excluding carboxylic acids is 1. The summed E-state index contributed by atoms with van der Waals surface area (Å²) in [7, 11) is 0. The predicted molar refractivity (Wildman–Crippen MR) is 81.7 cm³/mol. The molecule has 3 N–H and O–H groups in total. The number of anilines is 2. The highest BCUT2D eigenvalue weighted by Crippen LogP contribution is 2.40. The third-order valence-corrected chi connectivity index (χ3v) is 4.79. The number of nitrogens with zero attached hydrogens (tertiary/aromatic N) is 1. The first-order chi connectivity index (χ1) is 9.97. The minimum absolute atomic E-state index is 0.280. The number of benzene rings is 1. The van der Waals surface area contributed by atoms with E-state index in [-0.39, 0.29) is 6.10 Å². The van der Waals surface area contributed by atoms with Crippen LogP contribution in [-0.4, -0.2) is 35.3 Å². The Morgan fingerprint density at radius 1 is 1.38 bits per heavy atom. The van der Waals surface area contributed by atoms with Gasteiger partial charge in [-0.05, 0) is 37.8 Å². The van der Waals surface area contributed by atoms with Gasteiger partial charge in [0.05, 0.1) is 16.8 Å². The molecule has 6 heteroatoms. The zero-order valence-electron chi connectivity index (χ0n) is 11.8. The van der Waals surface area contributed by atoms with Crippen LogP contribution < -0.4 is 10.2 Å². The normalized spacial score (nSPS) is 23.9. The van der Waals surface area contributed by atoms with Crippen molar-refractivity contribution < 1.29 is 15.0 Å². The summed E-state index contributed by atoms with van der Waals surface area (Å²) in [5.41, 5.74) is 2.03. The lowest BCUT2D eigenvalue weighted by Crippen LogP contribution is -2.37. The van der Waals surface area contributed by atoms with Gasteiger partial charge in [-0.2, -0.15) is 0 Å². The van der Waals surface area contributed by atoms with Crippen LogP contribution in [-0.2, 0) is 4.79 Å². The molecule has 3 rings (SSSR count). The zero-order valence-corrected chi connectivity index (χ0v) is 12.6. The van der Waals surface area contributed by atoms with Crippen molar-refractivity contribution >= 4 is 28.9 Å². The van der Waals surface area contributed by atoms with Gasteiger partial charge >= 0.3 is 0 Å². The molecule has 2 aliphatic heterocycles. The van der Waals surface area contributed by atoms with Crippen molar-refractivity contribution in [3.05, 3.63) is 22.7 Å². The SMILES string of the molecule is CC(O)C1CCN(c2cc3c(cc2Cl)C(O)C(=O)N3)CC1. The van der Waals surface area contributed by atoms with E-state index < -0.39 is 12.0 Å². The third kappa shape index (κ3) is 2.61. The molecular weight excluding hydrogens is 292 g/mol. The molecule has 5 nitrogen and oxygen atoms in total. The molecule has 2 aliphatic rings. The van der Waals surface area contributed by atoms with Crippen LogP contribution in [0.1, 0.15) is 31.4 Å². The van der Waals surface area contributed by atoms with Crippen molar-refractivity contribution in [1.29, 1.82) is 0 Å². The first kappa shape index (κ1) is 14.6. The Balaban J connectivity index is 1.82. The van der Waals surface area contributed by atoms with Gasteiger partial charge in [0.25, 0.3) is 5.91 Å². The average molecular weight is 311 g/mol. The summed E-state index contributed by atoms with van der Waals surface area (Å²) in [4.78, 5) is 13.7. The van der Waals surface area contributed by atoms with Gasteiger partial charge in [0.15, 0.2) is 6.10 Å². The molecule has 1 aromatic rings. The van der Waals surface area contributed by atoms with Gasteiger partial charge in [0.2, 0.25) is 0 Å². The highest BCUT2D eigenvalue weighted by atomic mass is 35.5. The van der Waals surface area contributed by atoms with E-state index in [1.807, 2.05) is 13.0 Å². The molecule has 2 atom stereocenters. The molecule has 0 spiro atoms. The van der Waals surface area contributed by atoms with Gasteiger partial charge in [-0.1, -0.05) is 11.6 Å². The maximum atomic E-state index is 11.5. The fraction of sp³-hybridized carbons (Fsp3) is 0.533. The smallest absolute Gasteiger partial charge is 0.257 e. The van der Waals surface area contributed by atoms with E-state index in [0.717, 1.165) is 31.6 Å². The number of halogens is 1. The summed E-state index contributed by atoms with van der Waals surface area (Å²) >= 11 is 6.31. The number of aliphatic hydroxyl groups excluding tert-OH is 2. The van der Waals surface area contributed by atoms with E-state index in [4.69, 9.17) is 11.6 Å². The van der Waals surface area contributed by atoms with E-state index in [9.17, 15) is 15.0 Å². The summed E-state index contributed by atoms with van der Waals surface area (Å²) in [6.07, 6.45) is 0.421. The summed E-state index contributed by atoms with van der Waals surface area (Å²) in [5, 5.41) is 22.6. The maximum absolute atomic E-state index is 11.5. The Kier molecular flexibility index (Phi) is 3.82. The summed E-state index contributed by atoms with van der Waals surface area (Å²) in [6.45, 7) is 3.48. The second kappa shape index (κ2) is 5.48. The predicted octanol–water partition coefficient (Wildman–Crippen LogP) is 1.92. The van der Waals surface area contributed by atoms with Crippen LogP contribution in [0, 0.1) is 5.92 Å². The van der Waals surface area contributed by atoms with Crippen molar-refractivity contribution in [2.75, 3.05) is 23.3 Å². The number of nitrogens with one attached hydrogen (secondary N) is 1. The van der Waals surface area contributed by atoms with Gasteiger partial charge in [-0.3, -0.25) is 4.79 Å². The number of carbonyl (C=O) groups is 1. The first-order valence-electron chi connectivity index (χ1n) is 7.22. The summed E-state index contributed by atoms with van der Waals surface area (Å²) < 4.78 is 0. The number of hydrogen-bond donors (Lipinski definition) is 3. The van der Waals surface area contributed by atoms with E-state index in [2.05, 4.69) is 10.2 Å². The molecule has 0 saturated carbocycles. The molecule has 1 saturated heterocycles. The molecule has 0 aromatic heterocycles. The van der Waals surface area contributed by atoms with Crippen LogP contribution in [0.15, 0.2) is 12.1 Å². The molecule has 1 aromatic carbocycles. The molecule has 1 fully saturated rings. The molecule has 2 heterocycles. The maximum Gasteiger partial charge on any atom is 0.257 e. The molecule has 1 amide bonds. The van der Waals surface area contributed by atoms with Gasteiger partial charge in [-0.25, -0.2) is 0 Å². The minimum Gasteiger partial charge on any atom is -0.393 e. The largest absolute Gasteiger partial charge is 0.393 e. The number of fused-ring (bicyclic) bond motifs is 1. The minimum atomic E-state index is -1.13. The molecule has 2 unspecified atom stereocenters. The van der Waals surface area contributed by atoms with Crippen LogP contribution in [0.5, 0.6) is 0 Å². The number of piperidine rings is 1. The second-order valence-corrected chi connectivity index (χ2v) is 6.25. The highest BCUT2D eigenvalue weighted by Gasteiger charge is 2.31. The molecule has 0 bridgehead atoms. The quantitative estimate of drug-likeness (QED) is 0.780. The number of rotatable bonds is 2. The molecule has 0 aliphatic carbocycles. The highest BCUT2D eigenvalue weighted by molar-refractivity contribution is 6.33. The molecular formula is C15H19ClN2O3. The monoisotopic (exact) mass is 310 g/mol. The third-order valence-electron chi connectivity index (χ3n) is 4.48. The molecule has 114 valence electrons. The average Bonchev–Trinajstić information content (AvgIpc) is 2.73. The number of hydrogen-bond acceptors (Lipinski definition) is 4. The molecule has 21 heavy (non-hydrogen) atoms. The summed E-state index contributed by atoms with van der Waals surface area (Å²) in [5.74, 6) is -0.0815. The fourth-order valence-corrected chi connectivity index (χ4v) is 3.41. The van der Waals surface area contributed by atoms with Gasteiger partial charge in [0, 0.05) is 24.3 Å². The van der Waals surface area contributed by atoms with Gasteiger partial charge in [0.1, 0.15) is 0 Å². The second-order valence-electron chi connectivity index (χ2n) is 5.85.